The maximum Gasteiger partial charge on any atom is 0.308 e. The summed E-state index contributed by atoms with van der Waals surface area (Å²) >= 11 is 0. The first-order chi connectivity index (χ1) is 12.5. The standard InChI is InChI=1S/C20H21NO5/c1-25-14-8-9-18(26-2)15(10-14)19(22)21-11-16(17(12-21)20(23)24)13-6-4-3-5-7-13/h3-10,16-17H,11-12H2,1-2H3,(H,23,24). The van der Waals surface area contributed by atoms with Gasteiger partial charge in [0.2, 0.25) is 0 Å². The summed E-state index contributed by atoms with van der Waals surface area (Å²) in [6.45, 7) is 0.508. The van der Waals surface area contributed by atoms with Gasteiger partial charge in [0.15, 0.2) is 0 Å². The second-order valence-electron chi connectivity index (χ2n) is 6.24. The second kappa shape index (κ2) is 7.47. The fourth-order valence-electron chi connectivity index (χ4n) is 3.41. The van der Waals surface area contributed by atoms with Crippen LogP contribution in [0.4, 0.5) is 0 Å². The number of hydrogen-bond acceptors (Lipinski definition) is 4. The van der Waals surface area contributed by atoms with E-state index in [1.807, 2.05) is 30.3 Å². The molecule has 1 heterocycles. The smallest absolute Gasteiger partial charge is 0.308 e. The van der Waals surface area contributed by atoms with Crippen LogP contribution in [0.25, 0.3) is 0 Å². The number of carbonyl (C=O) groups is 2. The number of rotatable bonds is 5. The van der Waals surface area contributed by atoms with E-state index in [1.54, 1.807) is 23.1 Å². The number of ether oxygens (including phenoxy) is 2. The Morgan fingerprint density at radius 1 is 1.04 bits per heavy atom. The van der Waals surface area contributed by atoms with Gasteiger partial charge in [-0.05, 0) is 23.8 Å². The number of carboxylic acids is 1. The molecule has 0 bridgehead atoms. The maximum atomic E-state index is 13.0. The number of amides is 1. The number of nitrogens with zero attached hydrogens (tertiary/aromatic N) is 1. The van der Waals surface area contributed by atoms with Crippen LogP contribution in [-0.4, -0.2) is 49.2 Å². The lowest BCUT2D eigenvalue weighted by Gasteiger charge is -2.18. The minimum atomic E-state index is -0.897. The van der Waals surface area contributed by atoms with Gasteiger partial charge in [-0.15, -0.1) is 0 Å². The van der Waals surface area contributed by atoms with Gasteiger partial charge in [-0.2, -0.15) is 0 Å². The molecule has 3 rings (SSSR count). The Balaban J connectivity index is 1.90. The van der Waals surface area contributed by atoms with E-state index >= 15 is 0 Å². The highest BCUT2D eigenvalue weighted by atomic mass is 16.5. The third-order valence-electron chi connectivity index (χ3n) is 4.79. The van der Waals surface area contributed by atoms with Crippen LogP contribution in [0.5, 0.6) is 11.5 Å². The molecule has 1 fully saturated rings. The van der Waals surface area contributed by atoms with Crippen LogP contribution in [-0.2, 0) is 4.79 Å². The molecule has 2 unspecified atom stereocenters. The molecule has 1 N–H and O–H groups in total. The molecule has 1 amide bonds. The summed E-state index contributed by atoms with van der Waals surface area (Å²) in [5, 5.41) is 9.62. The summed E-state index contributed by atoms with van der Waals surface area (Å²) in [5.74, 6) is -1.06. The van der Waals surface area contributed by atoms with Crippen LogP contribution in [0.3, 0.4) is 0 Å². The zero-order valence-corrected chi connectivity index (χ0v) is 14.7. The van der Waals surface area contributed by atoms with Gasteiger partial charge >= 0.3 is 5.97 Å². The van der Waals surface area contributed by atoms with E-state index in [0.717, 1.165) is 5.56 Å². The van der Waals surface area contributed by atoms with Crippen molar-refractivity contribution in [1.29, 1.82) is 0 Å². The van der Waals surface area contributed by atoms with Crippen LogP contribution >= 0.6 is 0 Å². The molecule has 1 aliphatic heterocycles. The van der Waals surface area contributed by atoms with Gasteiger partial charge in [0.1, 0.15) is 11.5 Å². The zero-order chi connectivity index (χ0) is 18.7. The summed E-state index contributed by atoms with van der Waals surface area (Å²) in [6.07, 6.45) is 0. The van der Waals surface area contributed by atoms with Crippen molar-refractivity contribution in [2.75, 3.05) is 27.3 Å². The van der Waals surface area contributed by atoms with Gasteiger partial charge < -0.3 is 19.5 Å². The molecule has 0 saturated carbocycles. The third kappa shape index (κ3) is 3.35. The summed E-state index contributed by atoms with van der Waals surface area (Å²) in [4.78, 5) is 26.3. The highest BCUT2D eigenvalue weighted by molar-refractivity contribution is 5.98. The van der Waals surface area contributed by atoms with Crippen molar-refractivity contribution in [3.63, 3.8) is 0 Å². The van der Waals surface area contributed by atoms with E-state index < -0.39 is 11.9 Å². The summed E-state index contributed by atoms with van der Waals surface area (Å²) in [7, 11) is 3.02. The van der Waals surface area contributed by atoms with Crippen molar-refractivity contribution >= 4 is 11.9 Å². The van der Waals surface area contributed by atoms with E-state index in [-0.39, 0.29) is 18.4 Å². The lowest BCUT2D eigenvalue weighted by Crippen LogP contribution is -2.30. The first-order valence-electron chi connectivity index (χ1n) is 8.34. The Kier molecular flexibility index (Phi) is 5.11. The van der Waals surface area contributed by atoms with Gasteiger partial charge in [-0.25, -0.2) is 0 Å². The first kappa shape index (κ1) is 17.8. The average molecular weight is 355 g/mol. The topological polar surface area (TPSA) is 76.1 Å². The highest BCUT2D eigenvalue weighted by Crippen LogP contribution is 2.35. The predicted octanol–water partition coefficient (Wildman–Crippen LogP) is 2.64. The zero-order valence-electron chi connectivity index (χ0n) is 14.7. The molecular weight excluding hydrogens is 334 g/mol. The van der Waals surface area contributed by atoms with Crippen LogP contribution in [0.1, 0.15) is 21.8 Å². The van der Waals surface area contributed by atoms with Crippen molar-refractivity contribution < 1.29 is 24.2 Å². The molecule has 6 nitrogen and oxygen atoms in total. The van der Waals surface area contributed by atoms with Crippen molar-refractivity contribution in [2.24, 2.45) is 5.92 Å². The minimum Gasteiger partial charge on any atom is -0.497 e. The summed E-state index contributed by atoms with van der Waals surface area (Å²) in [6, 6.07) is 14.5. The van der Waals surface area contributed by atoms with Crippen molar-refractivity contribution in [3.8, 4) is 11.5 Å². The van der Waals surface area contributed by atoms with Gasteiger partial charge in [-0.3, -0.25) is 9.59 Å². The Morgan fingerprint density at radius 2 is 1.77 bits per heavy atom. The molecule has 2 atom stereocenters. The predicted molar refractivity (Wildman–Crippen MR) is 95.8 cm³/mol. The third-order valence-corrected chi connectivity index (χ3v) is 4.79. The summed E-state index contributed by atoms with van der Waals surface area (Å²) in [5.41, 5.74) is 1.29. The quantitative estimate of drug-likeness (QED) is 0.892. The molecule has 6 heteroatoms. The molecule has 0 aromatic heterocycles. The Hall–Kier alpha value is -3.02. The van der Waals surface area contributed by atoms with E-state index in [9.17, 15) is 14.7 Å². The van der Waals surface area contributed by atoms with Gasteiger partial charge in [0.05, 0.1) is 25.7 Å². The molecular formula is C20H21NO5. The largest absolute Gasteiger partial charge is 0.497 e. The highest BCUT2D eigenvalue weighted by Gasteiger charge is 2.41. The van der Waals surface area contributed by atoms with Gasteiger partial charge in [0.25, 0.3) is 5.91 Å². The molecule has 26 heavy (non-hydrogen) atoms. The Bertz CT molecular complexity index is 805. The fourth-order valence-corrected chi connectivity index (χ4v) is 3.41. The van der Waals surface area contributed by atoms with Crippen molar-refractivity contribution in [3.05, 3.63) is 59.7 Å². The van der Waals surface area contributed by atoms with E-state index in [0.29, 0.717) is 23.6 Å². The van der Waals surface area contributed by atoms with Crippen LogP contribution in [0.2, 0.25) is 0 Å². The molecule has 136 valence electrons. The molecule has 0 radical (unpaired) electrons. The number of carbonyl (C=O) groups excluding carboxylic acids is 1. The monoisotopic (exact) mass is 355 g/mol. The van der Waals surface area contributed by atoms with E-state index in [4.69, 9.17) is 9.47 Å². The fraction of sp³-hybridized carbons (Fsp3) is 0.300. The van der Waals surface area contributed by atoms with Crippen molar-refractivity contribution in [2.45, 2.75) is 5.92 Å². The van der Waals surface area contributed by atoms with E-state index in [2.05, 4.69) is 0 Å². The van der Waals surface area contributed by atoms with Gasteiger partial charge in [-0.1, -0.05) is 30.3 Å². The molecule has 0 aliphatic carbocycles. The Labute approximate surface area is 152 Å². The molecule has 2 aromatic rings. The van der Waals surface area contributed by atoms with Crippen molar-refractivity contribution in [1.82, 2.24) is 4.90 Å². The molecule has 0 spiro atoms. The lowest BCUT2D eigenvalue weighted by molar-refractivity contribution is -0.141. The maximum absolute atomic E-state index is 13.0. The minimum absolute atomic E-state index is 0.161. The van der Waals surface area contributed by atoms with Crippen LogP contribution in [0, 0.1) is 5.92 Å². The molecule has 2 aromatic carbocycles. The number of methoxy groups -OCH3 is 2. The lowest BCUT2D eigenvalue weighted by atomic mass is 9.89. The Morgan fingerprint density at radius 3 is 2.38 bits per heavy atom. The second-order valence-corrected chi connectivity index (χ2v) is 6.24. The first-order valence-corrected chi connectivity index (χ1v) is 8.34. The van der Waals surface area contributed by atoms with E-state index in [1.165, 1.54) is 14.2 Å². The number of likely N-dealkylation sites (tertiary alicyclic amines) is 1. The van der Waals surface area contributed by atoms with Gasteiger partial charge in [0, 0.05) is 19.0 Å². The SMILES string of the molecule is COc1ccc(OC)c(C(=O)N2CC(C(=O)O)C(c3ccccc3)C2)c1. The normalized spacial score (nSPS) is 19.2. The molecule has 1 saturated heterocycles. The number of hydrogen-bond donors (Lipinski definition) is 1. The summed E-state index contributed by atoms with van der Waals surface area (Å²) < 4.78 is 10.5. The number of aliphatic carboxylic acids is 1. The van der Waals surface area contributed by atoms with Crippen LogP contribution in [0.15, 0.2) is 48.5 Å². The number of benzene rings is 2. The molecule has 1 aliphatic rings. The average Bonchev–Trinajstić information content (AvgIpc) is 3.13. The number of carboxylic acid groups (broad SMARTS) is 1. The van der Waals surface area contributed by atoms with Crippen LogP contribution < -0.4 is 9.47 Å².